The van der Waals surface area contributed by atoms with Gasteiger partial charge in [0.05, 0.1) is 12.5 Å². The van der Waals surface area contributed by atoms with Crippen LogP contribution in [0.25, 0.3) is 0 Å². The zero-order valence-electron chi connectivity index (χ0n) is 11.0. The molecule has 0 bridgehead atoms. The Morgan fingerprint density at radius 2 is 2.17 bits per heavy atom. The molecule has 0 amide bonds. The van der Waals surface area contributed by atoms with Gasteiger partial charge in [0, 0.05) is 24.7 Å². The minimum atomic E-state index is 0.236. The molecule has 96 valence electrons. The molecule has 2 N–H and O–H groups in total. The fraction of sp³-hybridized carbons (Fsp3) is 0.333. The molecular weight excluding hydrogens is 224 g/mol. The average Bonchev–Trinajstić information content (AvgIpc) is 2.83. The Hall–Kier alpha value is -1.58. The maximum absolute atomic E-state index is 5.92. The third-order valence-electron chi connectivity index (χ3n) is 3.19. The maximum Gasteiger partial charge on any atom is 0.0947 e. The molecule has 1 unspecified atom stereocenters. The minimum absolute atomic E-state index is 0.236. The van der Waals surface area contributed by atoms with Crippen LogP contribution in [0.3, 0.4) is 0 Å². The van der Waals surface area contributed by atoms with Crippen molar-refractivity contribution >= 4 is 0 Å². The van der Waals surface area contributed by atoms with Crippen molar-refractivity contribution < 1.29 is 4.42 Å². The van der Waals surface area contributed by atoms with Crippen LogP contribution in [-0.2, 0) is 6.54 Å². The first-order valence-corrected chi connectivity index (χ1v) is 6.18. The molecule has 0 aliphatic carbocycles. The number of likely N-dealkylation sites (N-methyl/N-ethyl adjacent to an activating group) is 1. The van der Waals surface area contributed by atoms with Crippen LogP contribution in [0.15, 0.2) is 47.3 Å². The van der Waals surface area contributed by atoms with Gasteiger partial charge in [-0.1, -0.05) is 29.8 Å². The summed E-state index contributed by atoms with van der Waals surface area (Å²) in [4.78, 5) is 2.25. The fourth-order valence-corrected chi connectivity index (χ4v) is 2.23. The second-order valence-electron chi connectivity index (χ2n) is 4.71. The molecule has 1 aromatic carbocycles. The third-order valence-corrected chi connectivity index (χ3v) is 3.19. The van der Waals surface area contributed by atoms with Gasteiger partial charge in [0.2, 0.25) is 0 Å². The van der Waals surface area contributed by atoms with E-state index in [4.69, 9.17) is 10.2 Å². The molecule has 1 atom stereocenters. The second kappa shape index (κ2) is 5.85. The molecule has 0 saturated heterocycles. The number of furan rings is 1. The van der Waals surface area contributed by atoms with Crippen molar-refractivity contribution in [3.8, 4) is 0 Å². The van der Waals surface area contributed by atoms with Gasteiger partial charge in [-0.25, -0.2) is 0 Å². The summed E-state index contributed by atoms with van der Waals surface area (Å²) in [5.41, 5.74) is 9.62. The van der Waals surface area contributed by atoms with E-state index < -0.39 is 0 Å². The highest BCUT2D eigenvalue weighted by atomic mass is 16.3. The van der Waals surface area contributed by atoms with Crippen molar-refractivity contribution in [1.82, 2.24) is 4.90 Å². The summed E-state index contributed by atoms with van der Waals surface area (Å²) in [6, 6.07) is 10.7. The monoisotopic (exact) mass is 244 g/mol. The largest absolute Gasteiger partial charge is 0.472 e. The second-order valence-corrected chi connectivity index (χ2v) is 4.71. The SMILES string of the molecule is Cc1cccc(C(CN)N(C)Cc2ccoc2)c1. The molecule has 1 aromatic heterocycles. The van der Waals surface area contributed by atoms with Crippen LogP contribution in [0.5, 0.6) is 0 Å². The van der Waals surface area contributed by atoms with Gasteiger partial charge in [0.1, 0.15) is 0 Å². The van der Waals surface area contributed by atoms with E-state index in [9.17, 15) is 0 Å². The van der Waals surface area contributed by atoms with Gasteiger partial charge in [-0.15, -0.1) is 0 Å². The Kier molecular flexibility index (Phi) is 4.18. The average molecular weight is 244 g/mol. The highest BCUT2D eigenvalue weighted by Gasteiger charge is 2.15. The first-order chi connectivity index (χ1) is 8.70. The molecule has 3 heteroatoms. The van der Waals surface area contributed by atoms with Crippen LogP contribution < -0.4 is 5.73 Å². The molecule has 0 fully saturated rings. The quantitative estimate of drug-likeness (QED) is 0.879. The highest BCUT2D eigenvalue weighted by molar-refractivity contribution is 5.25. The standard InChI is InChI=1S/C15H20N2O/c1-12-4-3-5-14(8-12)15(9-16)17(2)10-13-6-7-18-11-13/h3-8,11,15H,9-10,16H2,1-2H3. The first kappa shape index (κ1) is 12.9. The number of hydrogen-bond donors (Lipinski definition) is 1. The summed E-state index contributed by atoms with van der Waals surface area (Å²) in [5, 5.41) is 0. The van der Waals surface area contributed by atoms with Gasteiger partial charge in [0.15, 0.2) is 0 Å². The van der Waals surface area contributed by atoms with Gasteiger partial charge in [-0.05, 0) is 25.6 Å². The molecule has 0 spiro atoms. The van der Waals surface area contributed by atoms with E-state index >= 15 is 0 Å². The molecule has 2 aromatic rings. The summed E-state index contributed by atoms with van der Waals surface area (Å²) in [5.74, 6) is 0. The van der Waals surface area contributed by atoms with E-state index in [0.717, 1.165) is 6.54 Å². The van der Waals surface area contributed by atoms with E-state index in [1.807, 2.05) is 6.07 Å². The van der Waals surface area contributed by atoms with Gasteiger partial charge < -0.3 is 10.2 Å². The number of aryl methyl sites for hydroxylation is 1. The van der Waals surface area contributed by atoms with Crippen LogP contribution in [0.1, 0.15) is 22.7 Å². The van der Waals surface area contributed by atoms with Gasteiger partial charge in [-0.3, -0.25) is 4.90 Å². The van der Waals surface area contributed by atoms with Crippen molar-refractivity contribution in [2.24, 2.45) is 5.73 Å². The Balaban J connectivity index is 2.12. The van der Waals surface area contributed by atoms with Crippen molar-refractivity contribution in [3.63, 3.8) is 0 Å². The summed E-state index contributed by atoms with van der Waals surface area (Å²) in [6.45, 7) is 3.55. The van der Waals surface area contributed by atoms with Gasteiger partial charge in [0.25, 0.3) is 0 Å². The lowest BCUT2D eigenvalue weighted by atomic mass is 10.0. The molecule has 0 aliphatic rings. The zero-order valence-corrected chi connectivity index (χ0v) is 11.0. The molecule has 3 nitrogen and oxygen atoms in total. The summed E-state index contributed by atoms with van der Waals surface area (Å²) >= 11 is 0. The van der Waals surface area contributed by atoms with Crippen molar-refractivity contribution in [2.75, 3.05) is 13.6 Å². The Morgan fingerprint density at radius 1 is 1.33 bits per heavy atom. The predicted octanol–water partition coefficient (Wildman–Crippen LogP) is 2.72. The van der Waals surface area contributed by atoms with Crippen LogP contribution >= 0.6 is 0 Å². The number of nitrogens with two attached hydrogens (primary N) is 1. The third kappa shape index (κ3) is 3.00. The van der Waals surface area contributed by atoms with Crippen LogP contribution in [-0.4, -0.2) is 18.5 Å². The first-order valence-electron chi connectivity index (χ1n) is 6.18. The lowest BCUT2D eigenvalue weighted by molar-refractivity contribution is 0.241. The molecule has 18 heavy (non-hydrogen) atoms. The van der Waals surface area contributed by atoms with E-state index in [0.29, 0.717) is 6.54 Å². The van der Waals surface area contributed by atoms with Gasteiger partial charge >= 0.3 is 0 Å². The Morgan fingerprint density at radius 3 is 2.78 bits per heavy atom. The Labute approximate surface area is 108 Å². The minimum Gasteiger partial charge on any atom is -0.472 e. The number of nitrogens with zero attached hydrogens (tertiary/aromatic N) is 1. The summed E-state index contributed by atoms with van der Waals surface area (Å²) in [6.07, 6.45) is 3.48. The Bertz CT molecular complexity index is 479. The summed E-state index contributed by atoms with van der Waals surface area (Å²) in [7, 11) is 2.09. The topological polar surface area (TPSA) is 42.4 Å². The maximum atomic E-state index is 5.92. The summed E-state index contributed by atoms with van der Waals surface area (Å²) < 4.78 is 5.10. The molecule has 0 aliphatic heterocycles. The van der Waals surface area contributed by atoms with Crippen LogP contribution in [0.4, 0.5) is 0 Å². The number of hydrogen-bond acceptors (Lipinski definition) is 3. The van der Waals surface area contributed by atoms with Crippen LogP contribution in [0.2, 0.25) is 0 Å². The molecule has 1 heterocycles. The smallest absolute Gasteiger partial charge is 0.0947 e. The van der Waals surface area contributed by atoms with E-state index in [-0.39, 0.29) is 6.04 Å². The van der Waals surface area contributed by atoms with E-state index in [1.54, 1.807) is 12.5 Å². The molecular formula is C15H20N2O. The van der Waals surface area contributed by atoms with Gasteiger partial charge in [-0.2, -0.15) is 0 Å². The fourth-order valence-electron chi connectivity index (χ4n) is 2.23. The highest BCUT2D eigenvalue weighted by Crippen LogP contribution is 2.21. The predicted molar refractivity (Wildman–Crippen MR) is 73.1 cm³/mol. The van der Waals surface area contributed by atoms with Crippen molar-refractivity contribution in [1.29, 1.82) is 0 Å². The van der Waals surface area contributed by atoms with E-state index in [1.165, 1.54) is 16.7 Å². The lowest BCUT2D eigenvalue weighted by Gasteiger charge is -2.27. The molecule has 0 saturated carbocycles. The normalized spacial score (nSPS) is 12.9. The van der Waals surface area contributed by atoms with Crippen LogP contribution in [0, 0.1) is 6.92 Å². The number of benzene rings is 1. The van der Waals surface area contributed by atoms with E-state index in [2.05, 4.69) is 43.1 Å². The van der Waals surface area contributed by atoms with Crippen molar-refractivity contribution in [3.05, 3.63) is 59.5 Å². The molecule has 2 rings (SSSR count). The zero-order chi connectivity index (χ0) is 13.0. The van der Waals surface area contributed by atoms with Crippen molar-refractivity contribution in [2.45, 2.75) is 19.5 Å². The lowest BCUT2D eigenvalue weighted by Crippen LogP contribution is -2.30. The number of rotatable bonds is 5. The molecule has 0 radical (unpaired) electrons.